The van der Waals surface area contributed by atoms with E-state index in [4.69, 9.17) is 4.74 Å². The Hall–Kier alpha value is -4.24. The largest absolute Gasteiger partial charge is 0.497 e. The summed E-state index contributed by atoms with van der Waals surface area (Å²) in [7, 11) is 1.58. The van der Waals surface area contributed by atoms with Gasteiger partial charge in [0.2, 0.25) is 5.91 Å². The average molecular weight is 555 g/mol. The molecule has 4 heterocycles. The molecule has 212 valence electrons. The molecule has 9 heteroatoms. The maximum Gasteiger partial charge on any atom is 0.335 e. The SMILES string of the molecule is CCc1ccc(N2C(=O)NC(=O)C(Cc3ccc(OC)cc3)(CN3C[C@H]4C[C@@H](C3)c3cccc(=O)n3C4)C2=O)cc1. The van der Waals surface area contributed by atoms with Gasteiger partial charge in [-0.3, -0.25) is 19.7 Å². The molecule has 2 aromatic carbocycles. The molecule has 2 saturated heterocycles. The number of hydrogen-bond acceptors (Lipinski definition) is 6. The number of pyridine rings is 1. The van der Waals surface area contributed by atoms with E-state index in [1.54, 1.807) is 43.5 Å². The number of rotatable bonds is 7. The predicted octanol–water partition coefficient (Wildman–Crippen LogP) is 3.35. The van der Waals surface area contributed by atoms with Gasteiger partial charge in [-0.2, -0.15) is 0 Å². The quantitative estimate of drug-likeness (QED) is 0.450. The van der Waals surface area contributed by atoms with Gasteiger partial charge in [0.25, 0.3) is 11.5 Å². The Bertz CT molecular complexity index is 1550. The van der Waals surface area contributed by atoms with Crippen LogP contribution in [-0.4, -0.2) is 54.1 Å². The third-order valence-electron chi connectivity index (χ3n) is 8.79. The lowest BCUT2D eigenvalue weighted by Crippen LogP contribution is -2.68. The monoisotopic (exact) mass is 554 g/mol. The maximum atomic E-state index is 14.5. The van der Waals surface area contributed by atoms with Crippen molar-refractivity contribution in [3.63, 3.8) is 0 Å². The fourth-order valence-electron chi connectivity index (χ4n) is 6.74. The van der Waals surface area contributed by atoms with E-state index in [9.17, 15) is 19.2 Å². The number of fused-ring (bicyclic) bond motifs is 4. The Morgan fingerprint density at radius 2 is 1.63 bits per heavy atom. The second-order valence-electron chi connectivity index (χ2n) is 11.4. The van der Waals surface area contributed by atoms with Gasteiger partial charge >= 0.3 is 6.03 Å². The summed E-state index contributed by atoms with van der Waals surface area (Å²) in [6.45, 7) is 4.08. The van der Waals surface area contributed by atoms with Crippen molar-refractivity contribution < 1.29 is 19.1 Å². The highest BCUT2D eigenvalue weighted by Gasteiger charge is 2.55. The van der Waals surface area contributed by atoms with Crippen LogP contribution in [0, 0.1) is 11.3 Å². The predicted molar refractivity (Wildman–Crippen MR) is 154 cm³/mol. The molecule has 1 aromatic heterocycles. The third-order valence-corrected chi connectivity index (χ3v) is 8.79. The van der Waals surface area contributed by atoms with Crippen molar-refractivity contribution in [1.29, 1.82) is 0 Å². The minimum atomic E-state index is -1.53. The molecule has 6 rings (SSSR count). The number of barbiturate groups is 1. The standard InChI is InChI=1S/C32H34N4O5/c1-3-21-7-11-25(12-8-21)36-30(39)32(29(38)33-31(36)40,16-22-9-13-26(41-2)14-10-22)20-34-17-23-15-24(19-34)27-5-4-6-28(37)35(27)18-23/h4-14,23-24H,3,15-20H2,1-2H3,(H,33,38,40)/t23-,24+,32?/m1/s1. The second kappa shape index (κ2) is 10.6. The van der Waals surface area contributed by atoms with Crippen LogP contribution >= 0.6 is 0 Å². The number of benzene rings is 2. The number of ether oxygens (including phenoxy) is 1. The summed E-state index contributed by atoms with van der Waals surface area (Å²) in [5.74, 6) is -0.0976. The highest BCUT2D eigenvalue weighted by atomic mass is 16.5. The normalized spacial score (nSPS) is 24.1. The first-order valence-electron chi connectivity index (χ1n) is 14.1. The van der Waals surface area contributed by atoms with E-state index in [1.165, 1.54) is 0 Å². The Morgan fingerprint density at radius 1 is 0.902 bits per heavy atom. The van der Waals surface area contributed by atoms with E-state index < -0.39 is 23.3 Å². The summed E-state index contributed by atoms with van der Waals surface area (Å²) in [5.41, 5.74) is 1.77. The van der Waals surface area contributed by atoms with Crippen LogP contribution in [0.2, 0.25) is 0 Å². The van der Waals surface area contributed by atoms with Gasteiger partial charge in [-0.1, -0.05) is 37.3 Å². The highest BCUT2D eigenvalue weighted by Crippen LogP contribution is 2.39. The number of urea groups is 1. The minimum Gasteiger partial charge on any atom is -0.497 e. The molecule has 0 spiro atoms. The average Bonchev–Trinajstić information content (AvgIpc) is 2.97. The van der Waals surface area contributed by atoms with Crippen molar-refractivity contribution >= 4 is 23.5 Å². The molecule has 1 unspecified atom stereocenters. The molecular weight excluding hydrogens is 520 g/mol. The van der Waals surface area contributed by atoms with Crippen molar-refractivity contribution in [2.24, 2.45) is 11.3 Å². The molecule has 3 atom stereocenters. The maximum absolute atomic E-state index is 14.5. The Kier molecular flexibility index (Phi) is 6.99. The Morgan fingerprint density at radius 3 is 2.34 bits per heavy atom. The van der Waals surface area contributed by atoms with Crippen LogP contribution in [0.3, 0.4) is 0 Å². The van der Waals surface area contributed by atoms with Crippen LogP contribution in [0.4, 0.5) is 10.5 Å². The van der Waals surface area contributed by atoms with Crippen LogP contribution in [0.25, 0.3) is 0 Å². The van der Waals surface area contributed by atoms with Gasteiger partial charge in [0.1, 0.15) is 11.2 Å². The van der Waals surface area contributed by atoms with Crippen LogP contribution in [0.1, 0.15) is 36.1 Å². The summed E-state index contributed by atoms with van der Waals surface area (Å²) in [6, 6.07) is 19.3. The Balaban J connectivity index is 1.37. The topological polar surface area (TPSA) is 101 Å². The van der Waals surface area contributed by atoms with Crippen molar-refractivity contribution in [3.05, 3.63) is 93.9 Å². The summed E-state index contributed by atoms with van der Waals surface area (Å²) in [6.07, 6.45) is 1.91. The van der Waals surface area contributed by atoms with Crippen LogP contribution < -0.4 is 20.5 Å². The third kappa shape index (κ3) is 4.84. The molecule has 41 heavy (non-hydrogen) atoms. The number of amides is 4. The number of methoxy groups -OCH3 is 1. The molecule has 0 aliphatic carbocycles. The second-order valence-corrected chi connectivity index (χ2v) is 11.4. The first-order chi connectivity index (χ1) is 19.8. The first kappa shape index (κ1) is 27.0. The molecule has 1 N–H and O–H groups in total. The van der Waals surface area contributed by atoms with E-state index in [0.29, 0.717) is 31.1 Å². The Labute approximate surface area is 238 Å². The molecule has 2 bridgehead atoms. The number of nitrogens with one attached hydrogen (secondary N) is 1. The van der Waals surface area contributed by atoms with Gasteiger partial charge in [-0.05, 0) is 66.6 Å². The van der Waals surface area contributed by atoms with Gasteiger partial charge < -0.3 is 14.2 Å². The van der Waals surface area contributed by atoms with Crippen LogP contribution in [0.5, 0.6) is 5.75 Å². The summed E-state index contributed by atoms with van der Waals surface area (Å²) < 4.78 is 7.17. The van der Waals surface area contributed by atoms with E-state index in [-0.39, 0.29) is 30.4 Å². The van der Waals surface area contributed by atoms with E-state index >= 15 is 0 Å². The molecule has 3 aliphatic heterocycles. The molecule has 4 amide bonds. The van der Waals surface area contributed by atoms with Crippen LogP contribution in [-0.2, 0) is 29.0 Å². The zero-order chi connectivity index (χ0) is 28.7. The number of carbonyl (C=O) groups excluding carboxylic acids is 3. The van der Waals surface area contributed by atoms with Crippen molar-refractivity contribution in [3.8, 4) is 5.75 Å². The smallest absolute Gasteiger partial charge is 0.335 e. The van der Waals surface area contributed by atoms with Gasteiger partial charge in [0.15, 0.2) is 0 Å². The van der Waals surface area contributed by atoms with E-state index in [0.717, 1.165) is 34.6 Å². The lowest BCUT2D eigenvalue weighted by atomic mass is 9.75. The molecular formula is C32H34N4O5. The number of aryl methyl sites for hydroxylation is 1. The van der Waals surface area contributed by atoms with Gasteiger partial charge in [0.05, 0.1) is 12.8 Å². The van der Waals surface area contributed by atoms with E-state index in [1.807, 2.05) is 41.8 Å². The number of likely N-dealkylation sites (tertiary alicyclic amines) is 1. The lowest BCUT2D eigenvalue weighted by molar-refractivity contribution is -0.144. The van der Waals surface area contributed by atoms with Gasteiger partial charge in [-0.25, -0.2) is 9.69 Å². The molecule has 3 aromatic rings. The van der Waals surface area contributed by atoms with Crippen molar-refractivity contribution in [2.75, 3.05) is 31.6 Å². The fraction of sp³-hybridized carbons (Fsp3) is 0.375. The van der Waals surface area contributed by atoms with Gasteiger partial charge in [0, 0.05) is 43.9 Å². The lowest BCUT2D eigenvalue weighted by Gasteiger charge is -2.47. The number of aromatic nitrogens is 1. The number of piperidine rings is 1. The number of carbonyl (C=O) groups is 3. The molecule has 9 nitrogen and oxygen atoms in total. The first-order valence-corrected chi connectivity index (χ1v) is 14.1. The highest BCUT2D eigenvalue weighted by molar-refractivity contribution is 6.30. The molecule has 3 aliphatic rings. The minimum absolute atomic E-state index is 0.00621. The zero-order valence-electron chi connectivity index (χ0n) is 23.3. The molecule has 2 fully saturated rings. The summed E-state index contributed by atoms with van der Waals surface area (Å²) in [4.78, 5) is 57.2. The summed E-state index contributed by atoms with van der Waals surface area (Å²) in [5, 5.41) is 2.51. The molecule has 0 radical (unpaired) electrons. The summed E-state index contributed by atoms with van der Waals surface area (Å²) >= 11 is 0. The van der Waals surface area contributed by atoms with Crippen LogP contribution in [0.15, 0.2) is 71.5 Å². The van der Waals surface area contributed by atoms with Gasteiger partial charge in [-0.15, -0.1) is 0 Å². The number of hydrogen-bond donors (Lipinski definition) is 1. The number of anilines is 1. The number of imide groups is 2. The number of nitrogens with zero attached hydrogens (tertiary/aromatic N) is 3. The molecule has 0 saturated carbocycles. The zero-order valence-corrected chi connectivity index (χ0v) is 23.3. The van der Waals surface area contributed by atoms with Crippen molar-refractivity contribution in [2.45, 2.75) is 38.6 Å². The van der Waals surface area contributed by atoms with Crippen molar-refractivity contribution in [1.82, 2.24) is 14.8 Å². The fourth-order valence-corrected chi connectivity index (χ4v) is 6.74. The van der Waals surface area contributed by atoms with E-state index in [2.05, 4.69) is 10.2 Å².